The molecule has 4 aromatic heterocycles. The predicted octanol–water partition coefficient (Wildman–Crippen LogP) is 10.2. The fraction of sp³-hybridized carbons (Fsp3) is 0.0758. The van der Waals surface area contributed by atoms with Crippen LogP contribution in [0.5, 0.6) is 0 Å². The Kier molecular flexibility index (Phi) is 26.2. The number of carbonyl (C=O) groups is 9. The minimum atomic E-state index is -1.04. The summed E-state index contributed by atoms with van der Waals surface area (Å²) in [6, 6.07) is 52.3. The van der Waals surface area contributed by atoms with Gasteiger partial charge < -0.3 is 20.4 Å². The number of Topliss-reactive ketones (excluding diaryl/α,β-unsaturated/α-hetero) is 5. The van der Waals surface area contributed by atoms with Crippen molar-refractivity contribution >= 4 is 121 Å². The van der Waals surface area contributed by atoms with Crippen molar-refractivity contribution in [2.45, 2.75) is 27.5 Å². The van der Waals surface area contributed by atoms with Crippen molar-refractivity contribution < 1.29 is 68.5 Å². The van der Waals surface area contributed by atoms with Crippen LogP contribution in [0.2, 0.25) is 0 Å². The number of nitro benzene ring substituents is 1. The van der Waals surface area contributed by atoms with E-state index in [-0.39, 0.29) is 79.9 Å². The summed E-state index contributed by atoms with van der Waals surface area (Å²) in [5.74, 6) is -3.97. The molecule has 12 rings (SSSR count). The zero-order valence-electron chi connectivity index (χ0n) is 52.8. The number of rotatable bonds is 26. The van der Waals surface area contributed by atoms with Gasteiger partial charge >= 0.3 is 23.9 Å². The van der Waals surface area contributed by atoms with Gasteiger partial charge in [-0.2, -0.15) is 18.7 Å². The van der Waals surface area contributed by atoms with Gasteiger partial charge in [-0.05, 0) is 170 Å². The van der Waals surface area contributed by atoms with E-state index in [2.05, 4.69) is 78.0 Å². The monoisotopic (exact) mass is 1530 g/mol. The van der Waals surface area contributed by atoms with E-state index in [1.54, 1.807) is 97.1 Å². The van der Waals surface area contributed by atoms with Gasteiger partial charge in [0.15, 0.2) is 28.9 Å². The molecule has 0 unspecified atom stereocenters. The summed E-state index contributed by atoms with van der Waals surface area (Å²) in [6.07, 6.45) is 0. The third-order valence-electron chi connectivity index (χ3n) is 13.8. The molecule has 0 bridgehead atoms. The maximum atomic E-state index is 12.3. The molecule has 0 spiro atoms. The standard InChI is InChI=1S/C18H14N4O4S.C16H11BrN4O3S.C16H11N5O5S.C16H12N4O3S/c1-11(23)12-2-4-13(5-3-12)16(24)10-27-18-19-20-21-22(18)15-8-6-14(7-9-15)17(25)26;17-12-5-1-10(2-6-12)14(22)9-25-16-18-19-20-21(16)13-7-3-11(4-8-13)15(23)24;22-14(10-1-7-13(8-2-10)21(25)26)9-27-16-17-18-19-20(16)12-5-3-11(4-6-12)15(23)24;21-14(11-4-2-1-3-5-11)10-24-16-17-18-19-20(16)13-8-6-12(7-9-13)15(22)23/h2-9H,10H2,1H3,(H,25,26);1-8H,9H2,(H,23,24);1-8H,9H2,(H,23,24);1-9H,10H2,(H,22,23). The average molecular weight is 1530 g/mol. The van der Waals surface area contributed by atoms with Crippen LogP contribution in [0.1, 0.15) is 100 Å². The number of aromatic carboxylic acids is 4. The first-order valence-corrected chi connectivity index (χ1v) is 34.1. The van der Waals surface area contributed by atoms with Gasteiger partial charge in [-0.25, -0.2) is 19.2 Å². The van der Waals surface area contributed by atoms with E-state index in [9.17, 15) is 53.3 Å². The number of tetrazole rings is 4. The number of thioether (sulfide) groups is 4. The molecule has 37 heteroatoms. The van der Waals surface area contributed by atoms with Gasteiger partial charge in [-0.15, -0.1) is 20.4 Å². The number of nitrogens with zero attached hydrogens (tertiary/aromatic N) is 17. The van der Waals surface area contributed by atoms with E-state index in [1.165, 1.54) is 134 Å². The van der Waals surface area contributed by atoms with Crippen molar-refractivity contribution in [3.05, 3.63) is 265 Å². The topological polar surface area (TPSA) is 452 Å². The minimum Gasteiger partial charge on any atom is -0.478 e. The Morgan fingerprint density at radius 3 is 0.835 bits per heavy atom. The molecule has 0 radical (unpaired) electrons. The smallest absolute Gasteiger partial charge is 0.335 e. The van der Waals surface area contributed by atoms with Crippen LogP contribution in [0.15, 0.2) is 225 Å². The fourth-order valence-electron chi connectivity index (χ4n) is 8.48. The first-order chi connectivity index (χ1) is 49.6. The number of carbonyl (C=O) groups excluding carboxylic acids is 5. The number of benzene rings is 8. The van der Waals surface area contributed by atoms with Crippen LogP contribution in [-0.2, 0) is 0 Å². The van der Waals surface area contributed by atoms with Crippen LogP contribution >= 0.6 is 63.0 Å². The Labute approximate surface area is 605 Å². The lowest BCUT2D eigenvalue weighted by Gasteiger charge is -2.05. The zero-order valence-corrected chi connectivity index (χ0v) is 57.6. The second kappa shape index (κ2) is 36.1. The van der Waals surface area contributed by atoms with Crippen LogP contribution in [-0.4, -0.2) is 182 Å². The highest BCUT2D eigenvalue weighted by Crippen LogP contribution is 2.26. The molecule has 0 aliphatic carbocycles. The van der Waals surface area contributed by atoms with Crippen molar-refractivity contribution in [2.75, 3.05) is 23.0 Å². The van der Waals surface area contributed by atoms with E-state index in [4.69, 9.17) is 20.4 Å². The first-order valence-electron chi connectivity index (χ1n) is 29.4. The van der Waals surface area contributed by atoms with Gasteiger partial charge in [0, 0.05) is 44.4 Å². The van der Waals surface area contributed by atoms with E-state index in [0.717, 1.165) is 16.2 Å². The van der Waals surface area contributed by atoms with Crippen molar-refractivity contribution in [1.82, 2.24) is 80.8 Å². The molecule has 0 saturated carbocycles. The minimum absolute atomic E-state index is 0.0172. The number of hydrogen-bond donors (Lipinski definition) is 4. The molecule has 0 fully saturated rings. The third kappa shape index (κ3) is 20.8. The molecule has 0 aliphatic rings. The van der Waals surface area contributed by atoms with Gasteiger partial charge in [0.2, 0.25) is 20.6 Å². The van der Waals surface area contributed by atoms with E-state index < -0.39 is 28.8 Å². The molecule has 103 heavy (non-hydrogen) atoms. The summed E-state index contributed by atoms with van der Waals surface area (Å²) < 4.78 is 6.66. The predicted molar refractivity (Wildman–Crippen MR) is 375 cm³/mol. The lowest BCUT2D eigenvalue weighted by molar-refractivity contribution is -0.384. The summed E-state index contributed by atoms with van der Waals surface area (Å²) in [7, 11) is 0. The number of halogens is 1. The largest absolute Gasteiger partial charge is 0.478 e. The van der Waals surface area contributed by atoms with Crippen LogP contribution in [0.4, 0.5) is 5.69 Å². The Hall–Kier alpha value is -12.5. The summed E-state index contributed by atoms with van der Waals surface area (Å²) in [4.78, 5) is 114. The summed E-state index contributed by atoms with van der Waals surface area (Å²) in [5.41, 5.74) is 5.58. The lowest BCUT2D eigenvalue weighted by atomic mass is 10.1. The Bertz CT molecular complexity index is 4870. The summed E-state index contributed by atoms with van der Waals surface area (Å²) >= 11 is 8.04. The Morgan fingerprint density at radius 1 is 0.350 bits per heavy atom. The molecule has 0 atom stereocenters. The molecular weight excluding hydrogens is 1480 g/mol. The summed E-state index contributed by atoms with van der Waals surface area (Å²) in [5, 5.41) is 93.6. The molecule has 12 aromatic rings. The number of hydrogen-bond acceptors (Lipinski definition) is 27. The van der Waals surface area contributed by atoms with Gasteiger partial charge in [0.05, 0.1) is 72.9 Å². The molecule has 8 aromatic carbocycles. The number of ketones is 5. The quantitative estimate of drug-likeness (QED) is 0.0169. The average Bonchev–Trinajstić information content (AvgIpc) is 1.75. The number of carboxylic acid groups (broad SMARTS) is 4. The molecule has 518 valence electrons. The zero-order chi connectivity index (χ0) is 73.5. The van der Waals surface area contributed by atoms with Gasteiger partial charge in [0.25, 0.3) is 5.69 Å². The highest BCUT2D eigenvalue weighted by atomic mass is 79.9. The molecule has 0 amide bonds. The molecule has 0 aliphatic heterocycles. The van der Waals surface area contributed by atoms with Crippen molar-refractivity contribution in [2.24, 2.45) is 0 Å². The number of nitro groups is 1. The Morgan fingerprint density at radius 2 is 0.583 bits per heavy atom. The van der Waals surface area contributed by atoms with E-state index in [0.29, 0.717) is 71.2 Å². The normalized spacial score (nSPS) is 10.5. The van der Waals surface area contributed by atoms with Gasteiger partial charge in [-0.3, -0.25) is 34.1 Å². The van der Waals surface area contributed by atoms with Crippen LogP contribution in [0, 0.1) is 10.1 Å². The first kappa shape index (κ1) is 74.8. The highest BCUT2D eigenvalue weighted by molar-refractivity contribution is 9.10. The molecule has 0 saturated heterocycles. The molecule has 32 nitrogen and oxygen atoms in total. The maximum absolute atomic E-state index is 12.3. The number of aromatic nitrogens is 16. The summed E-state index contributed by atoms with van der Waals surface area (Å²) in [6.45, 7) is 1.47. The molecule has 4 heterocycles. The maximum Gasteiger partial charge on any atom is 0.335 e. The fourth-order valence-corrected chi connectivity index (χ4v) is 11.9. The second-order valence-corrected chi connectivity index (χ2v) is 25.2. The van der Waals surface area contributed by atoms with E-state index in [1.807, 2.05) is 30.3 Å². The van der Waals surface area contributed by atoms with Crippen LogP contribution in [0.3, 0.4) is 0 Å². The van der Waals surface area contributed by atoms with Crippen molar-refractivity contribution in [3.8, 4) is 22.7 Å². The van der Waals surface area contributed by atoms with Gasteiger partial charge in [0.1, 0.15) is 0 Å². The molecular formula is C66H48BrN17O15S4. The van der Waals surface area contributed by atoms with Crippen LogP contribution in [0.25, 0.3) is 22.7 Å². The Balaban J connectivity index is 0.000000160. The SMILES string of the molecule is CC(=O)c1ccc(C(=O)CSc2nnnn2-c2ccc(C(=O)O)cc2)cc1.O=C(O)c1ccc(-n2nnnc2SCC(=O)c2ccc(Br)cc2)cc1.O=C(O)c1ccc(-n2nnnc2SCC(=O)c2ccc([N+](=O)[O-])cc2)cc1.O=C(O)c1ccc(-n2nnnc2SCC(=O)c2ccccc2)cc1. The lowest BCUT2D eigenvalue weighted by Crippen LogP contribution is -2.06. The number of carboxylic acids is 4. The third-order valence-corrected chi connectivity index (χ3v) is 18.0. The van der Waals surface area contributed by atoms with Crippen molar-refractivity contribution in [3.63, 3.8) is 0 Å². The molecule has 4 N–H and O–H groups in total. The second-order valence-electron chi connectivity index (χ2n) is 20.6. The van der Waals surface area contributed by atoms with E-state index >= 15 is 0 Å². The van der Waals surface area contributed by atoms with Crippen molar-refractivity contribution in [1.29, 1.82) is 0 Å². The highest BCUT2D eigenvalue weighted by Gasteiger charge is 2.20. The van der Waals surface area contributed by atoms with Crippen LogP contribution < -0.4 is 0 Å². The number of non-ortho nitro benzene ring substituents is 1. The van der Waals surface area contributed by atoms with Gasteiger partial charge in [-0.1, -0.05) is 130 Å².